The fraction of sp³-hybridized carbons (Fsp3) is 0.500. The number of ether oxygens (including phenoxy) is 3. The second-order valence-corrected chi connectivity index (χ2v) is 6.52. The Bertz CT molecular complexity index is 720. The largest absolute Gasteiger partial charge is 0.497 e. The quantitative estimate of drug-likeness (QED) is 0.600. The van der Waals surface area contributed by atoms with Gasteiger partial charge in [-0.3, -0.25) is 4.90 Å². The van der Waals surface area contributed by atoms with E-state index in [1.54, 1.807) is 7.11 Å². The second-order valence-electron chi connectivity index (χ2n) is 6.52. The van der Waals surface area contributed by atoms with Gasteiger partial charge in [0.2, 0.25) is 0 Å². The van der Waals surface area contributed by atoms with Gasteiger partial charge in [-0.05, 0) is 31.2 Å². The van der Waals surface area contributed by atoms with Gasteiger partial charge in [-0.1, -0.05) is 0 Å². The zero-order valence-corrected chi connectivity index (χ0v) is 16.6. The molecule has 0 bridgehead atoms. The van der Waals surface area contributed by atoms with Crippen molar-refractivity contribution in [3.8, 4) is 11.5 Å². The SMILES string of the molecule is COc1ccc(OCCNc2cc(NCCN3CCOCC3)nc(C)n2)cc1. The standard InChI is InChI=1S/C20H29N5O3/c1-16-23-19(21-7-9-25-10-13-27-14-11-25)15-20(24-16)22-8-12-28-18-5-3-17(26-2)4-6-18/h3-6,15H,7-14H2,1-2H3,(H2,21,22,23,24). The summed E-state index contributed by atoms with van der Waals surface area (Å²) in [6.45, 7) is 8.52. The lowest BCUT2D eigenvalue weighted by Crippen LogP contribution is -2.39. The fourth-order valence-electron chi connectivity index (χ4n) is 2.94. The molecule has 8 heteroatoms. The van der Waals surface area contributed by atoms with Crippen LogP contribution in [0.1, 0.15) is 5.82 Å². The maximum absolute atomic E-state index is 5.73. The van der Waals surface area contributed by atoms with Gasteiger partial charge in [-0.2, -0.15) is 0 Å². The first-order chi connectivity index (χ1) is 13.7. The van der Waals surface area contributed by atoms with Crippen LogP contribution in [0.2, 0.25) is 0 Å². The molecule has 0 radical (unpaired) electrons. The smallest absolute Gasteiger partial charge is 0.131 e. The van der Waals surface area contributed by atoms with Crippen molar-refractivity contribution in [2.75, 3.05) is 70.3 Å². The van der Waals surface area contributed by atoms with Crippen LogP contribution in [-0.2, 0) is 4.74 Å². The van der Waals surface area contributed by atoms with Crippen molar-refractivity contribution in [3.63, 3.8) is 0 Å². The summed E-state index contributed by atoms with van der Waals surface area (Å²) in [5.74, 6) is 3.98. The molecule has 1 fully saturated rings. The van der Waals surface area contributed by atoms with Crippen LogP contribution in [0.5, 0.6) is 11.5 Å². The van der Waals surface area contributed by atoms with Gasteiger partial charge < -0.3 is 24.8 Å². The number of benzene rings is 1. The first-order valence-corrected chi connectivity index (χ1v) is 9.63. The van der Waals surface area contributed by atoms with E-state index in [2.05, 4.69) is 25.5 Å². The van der Waals surface area contributed by atoms with Crippen LogP contribution in [0.25, 0.3) is 0 Å². The van der Waals surface area contributed by atoms with Gasteiger partial charge in [-0.15, -0.1) is 0 Å². The second kappa shape index (κ2) is 10.7. The number of methoxy groups -OCH3 is 1. The zero-order chi connectivity index (χ0) is 19.6. The summed E-state index contributed by atoms with van der Waals surface area (Å²) < 4.78 is 16.2. The van der Waals surface area contributed by atoms with Crippen LogP contribution >= 0.6 is 0 Å². The summed E-state index contributed by atoms with van der Waals surface area (Å²) in [4.78, 5) is 11.3. The number of hydrogen-bond acceptors (Lipinski definition) is 8. The van der Waals surface area contributed by atoms with Crippen LogP contribution in [0.15, 0.2) is 30.3 Å². The minimum atomic E-state index is 0.537. The topological polar surface area (TPSA) is 80.8 Å². The molecule has 0 unspecified atom stereocenters. The monoisotopic (exact) mass is 387 g/mol. The average Bonchev–Trinajstić information content (AvgIpc) is 2.72. The van der Waals surface area contributed by atoms with Crippen LogP contribution in [-0.4, -0.2) is 74.5 Å². The van der Waals surface area contributed by atoms with Crippen molar-refractivity contribution in [1.82, 2.24) is 14.9 Å². The predicted octanol–water partition coefficient (Wildman–Crippen LogP) is 2.03. The van der Waals surface area contributed by atoms with Crippen molar-refractivity contribution >= 4 is 11.6 Å². The Kier molecular flexibility index (Phi) is 7.69. The first-order valence-electron chi connectivity index (χ1n) is 9.63. The van der Waals surface area contributed by atoms with Crippen molar-refractivity contribution < 1.29 is 14.2 Å². The van der Waals surface area contributed by atoms with Crippen LogP contribution < -0.4 is 20.1 Å². The highest BCUT2D eigenvalue weighted by atomic mass is 16.5. The summed E-state index contributed by atoms with van der Waals surface area (Å²) in [7, 11) is 1.65. The number of hydrogen-bond donors (Lipinski definition) is 2. The Labute approximate surface area is 166 Å². The van der Waals surface area contributed by atoms with E-state index in [0.717, 1.165) is 68.4 Å². The van der Waals surface area contributed by atoms with Gasteiger partial charge >= 0.3 is 0 Å². The molecule has 1 aromatic heterocycles. The highest BCUT2D eigenvalue weighted by Crippen LogP contribution is 2.17. The molecule has 2 N–H and O–H groups in total. The predicted molar refractivity (Wildman–Crippen MR) is 109 cm³/mol. The van der Waals surface area contributed by atoms with E-state index in [9.17, 15) is 0 Å². The molecule has 1 aliphatic rings. The summed E-state index contributed by atoms with van der Waals surface area (Å²) in [6, 6.07) is 9.48. The highest BCUT2D eigenvalue weighted by Gasteiger charge is 2.09. The molecule has 8 nitrogen and oxygen atoms in total. The van der Waals surface area contributed by atoms with Crippen LogP contribution in [0, 0.1) is 6.92 Å². The minimum absolute atomic E-state index is 0.537. The van der Waals surface area contributed by atoms with E-state index in [1.807, 2.05) is 37.3 Å². The van der Waals surface area contributed by atoms with E-state index >= 15 is 0 Å². The van der Waals surface area contributed by atoms with Gasteiger partial charge in [0, 0.05) is 32.2 Å². The number of nitrogens with zero attached hydrogens (tertiary/aromatic N) is 3. The normalized spacial score (nSPS) is 14.5. The van der Waals surface area contributed by atoms with E-state index in [4.69, 9.17) is 14.2 Å². The molecular formula is C20H29N5O3. The van der Waals surface area contributed by atoms with E-state index in [1.165, 1.54) is 0 Å². The molecule has 2 heterocycles. The summed E-state index contributed by atoms with van der Waals surface area (Å²) >= 11 is 0. The maximum Gasteiger partial charge on any atom is 0.131 e. The Morgan fingerprint density at radius 1 is 1.00 bits per heavy atom. The minimum Gasteiger partial charge on any atom is -0.497 e. The zero-order valence-electron chi connectivity index (χ0n) is 16.6. The van der Waals surface area contributed by atoms with Gasteiger partial charge in [0.05, 0.1) is 26.9 Å². The summed E-state index contributed by atoms with van der Waals surface area (Å²) in [5.41, 5.74) is 0. The molecule has 28 heavy (non-hydrogen) atoms. The van der Waals surface area contributed by atoms with E-state index < -0.39 is 0 Å². The van der Waals surface area contributed by atoms with Crippen molar-refractivity contribution in [1.29, 1.82) is 0 Å². The summed E-state index contributed by atoms with van der Waals surface area (Å²) in [6.07, 6.45) is 0. The fourth-order valence-corrected chi connectivity index (χ4v) is 2.94. The highest BCUT2D eigenvalue weighted by molar-refractivity contribution is 5.47. The molecule has 0 atom stereocenters. The van der Waals surface area contributed by atoms with Crippen molar-refractivity contribution in [2.24, 2.45) is 0 Å². The third-order valence-corrected chi connectivity index (χ3v) is 4.41. The number of rotatable bonds is 10. The lowest BCUT2D eigenvalue weighted by molar-refractivity contribution is 0.0398. The molecule has 3 rings (SSSR count). The third kappa shape index (κ3) is 6.54. The molecular weight excluding hydrogens is 358 g/mol. The molecule has 1 aliphatic heterocycles. The average molecular weight is 387 g/mol. The van der Waals surface area contributed by atoms with Gasteiger partial charge in [0.15, 0.2) is 0 Å². The number of aromatic nitrogens is 2. The number of aryl methyl sites for hydroxylation is 1. The maximum atomic E-state index is 5.73. The van der Waals surface area contributed by atoms with Gasteiger partial charge in [0.25, 0.3) is 0 Å². The third-order valence-electron chi connectivity index (χ3n) is 4.41. The molecule has 0 saturated carbocycles. The van der Waals surface area contributed by atoms with Crippen LogP contribution in [0.3, 0.4) is 0 Å². The lowest BCUT2D eigenvalue weighted by Gasteiger charge is -2.26. The van der Waals surface area contributed by atoms with E-state index in [0.29, 0.717) is 13.2 Å². The molecule has 1 aromatic carbocycles. The molecule has 1 saturated heterocycles. The van der Waals surface area contributed by atoms with Crippen LogP contribution in [0.4, 0.5) is 11.6 Å². The molecule has 0 amide bonds. The molecule has 2 aromatic rings. The Balaban J connectivity index is 1.40. The van der Waals surface area contributed by atoms with Crippen molar-refractivity contribution in [2.45, 2.75) is 6.92 Å². The Morgan fingerprint density at radius 2 is 1.64 bits per heavy atom. The molecule has 152 valence electrons. The Morgan fingerprint density at radius 3 is 2.32 bits per heavy atom. The number of morpholine rings is 1. The molecule has 0 aliphatic carbocycles. The van der Waals surface area contributed by atoms with E-state index in [-0.39, 0.29) is 0 Å². The van der Waals surface area contributed by atoms with Gasteiger partial charge in [-0.25, -0.2) is 9.97 Å². The lowest BCUT2D eigenvalue weighted by atomic mass is 10.3. The van der Waals surface area contributed by atoms with Gasteiger partial charge in [0.1, 0.15) is 35.6 Å². The Hall–Kier alpha value is -2.58. The summed E-state index contributed by atoms with van der Waals surface area (Å²) in [5, 5.41) is 6.67. The first kappa shape index (κ1) is 20.2. The number of anilines is 2. The van der Waals surface area contributed by atoms with Crippen molar-refractivity contribution in [3.05, 3.63) is 36.2 Å². The molecule has 0 spiro atoms. The number of nitrogens with one attached hydrogen (secondary N) is 2.